The van der Waals surface area contributed by atoms with Crippen molar-refractivity contribution in [1.29, 1.82) is 0 Å². The van der Waals surface area contributed by atoms with E-state index in [-0.39, 0.29) is 0 Å². The fourth-order valence-electron chi connectivity index (χ4n) is 3.48. The number of hydrogen-bond acceptors (Lipinski definition) is 1. The van der Waals surface area contributed by atoms with Crippen molar-refractivity contribution < 1.29 is 0 Å². The van der Waals surface area contributed by atoms with E-state index in [0.29, 0.717) is 5.92 Å². The first kappa shape index (κ1) is 16.0. The van der Waals surface area contributed by atoms with Crippen LogP contribution in [-0.4, -0.2) is 0 Å². The Morgan fingerprint density at radius 2 is 1.52 bits per heavy atom. The van der Waals surface area contributed by atoms with Crippen molar-refractivity contribution >= 4 is 27.0 Å². The Kier molecular flexibility index (Phi) is 4.41. The molecule has 4 rings (SSSR count). The molecule has 2 aromatic carbocycles. The van der Waals surface area contributed by atoms with Crippen molar-refractivity contribution in [2.45, 2.75) is 40.5 Å². The molecule has 0 nitrogen and oxygen atoms in total. The standard InChI is InChI=1S/C20H18S.C2H6/c1-12-13(2)19(17-10-5-4-8-15(12)17)20-14(3)16-9-6-7-11-18(16)21-20;1-2/h4-12H,1-3H3;1-2H3. The number of rotatable bonds is 1. The third-order valence-electron chi connectivity index (χ3n) is 4.81. The van der Waals surface area contributed by atoms with Gasteiger partial charge in [0.25, 0.3) is 0 Å². The largest absolute Gasteiger partial charge is 0.135 e. The van der Waals surface area contributed by atoms with E-state index in [1.165, 1.54) is 42.8 Å². The zero-order valence-corrected chi connectivity index (χ0v) is 15.4. The maximum absolute atomic E-state index is 2.32. The summed E-state index contributed by atoms with van der Waals surface area (Å²) in [7, 11) is 0. The molecule has 1 heteroatoms. The van der Waals surface area contributed by atoms with Gasteiger partial charge in [0.1, 0.15) is 0 Å². The highest BCUT2D eigenvalue weighted by molar-refractivity contribution is 7.20. The highest BCUT2D eigenvalue weighted by Crippen LogP contribution is 2.48. The lowest BCUT2D eigenvalue weighted by Crippen LogP contribution is -1.88. The predicted molar refractivity (Wildman–Crippen MR) is 104 cm³/mol. The third-order valence-corrected chi connectivity index (χ3v) is 6.10. The lowest BCUT2D eigenvalue weighted by molar-refractivity contribution is 0.920. The van der Waals surface area contributed by atoms with Gasteiger partial charge in [0.15, 0.2) is 0 Å². The van der Waals surface area contributed by atoms with Gasteiger partial charge in [-0.05, 0) is 47.6 Å². The van der Waals surface area contributed by atoms with Gasteiger partial charge in [-0.2, -0.15) is 0 Å². The lowest BCUT2D eigenvalue weighted by Gasteiger charge is -2.06. The molecule has 118 valence electrons. The minimum absolute atomic E-state index is 0.529. The zero-order chi connectivity index (χ0) is 16.6. The first-order valence-corrected chi connectivity index (χ1v) is 9.28. The van der Waals surface area contributed by atoms with Gasteiger partial charge >= 0.3 is 0 Å². The van der Waals surface area contributed by atoms with Crippen molar-refractivity contribution in [3.05, 3.63) is 75.7 Å². The quantitative estimate of drug-likeness (QED) is 0.445. The van der Waals surface area contributed by atoms with E-state index in [2.05, 4.69) is 69.3 Å². The van der Waals surface area contributed by atoms with E-state index in [1.54, 1.807) is 0 Å². The van der Waals surface area contributed by atoms with E-state index in [1.807, 2.05) is 25.2 Å². The summed E-state index contributed by atoms with van der Waals surface area (Å²) >= 11 is 1.93. The average Bonchev–Trinajstić information content (AvgIpc) is 3.06. The van der Waals surface area contributed by atoms with Gasteiger partial charge in [-0.3, -0.25) is 0 Å². The van der Waals surface area contributed by atoms with E-state index >= 15 is 0 Å². The summed E-state index contributed by atoms with van der Waals surface area (Å²) < 4.78 is 1.39. The van der Waals surface area contributed by atoms with Crippen molar-refractivity contribution in [1.82, 2.24) is 0 Å². The molecule has 1 aliphatic carbocycles. The van der Waals surface area contributed by atoms with E-state index in [0.717, 1.165) is 0 Å². The molecule has 0 bridgehead atoms. The van der Waals surface area contributed by atoms with Crippen LogP contribution in [0.2, 0.25) is 0 Å². The van der Waals surface area contributed by atoms with Crippen LogP contribution in [0.1, 0.15) is 55.2 Å². The summed E-state index contributed by atoms with van der Waals surface area (Å²) in [5.41, 5.74) is 7.30. The van der Waals surface area contributed by atoms with Crippen LogP contribution in [0.5, 0.6) is 0 Å². The van der Waals surface area contributed by atoms with Crippen LogP contribution in [0.3, 0.4) is 0 Å². The van der Waals surface area contributed by atoms with Crippen molar-refractivity contribution in [2.75, 3.05) is 0 Å². The average molecular weight is 321 g/mol. The Morgan fingerprint density at radius 1 is 0.870 bits per heavy atom. The van der Waals surface area contributed by atoms with Gasteiger partial charge in [-0.15, -0.1) is 11.3 Å². The summed E-state index contributed by atoms with van der Waals surface area (Å²) in [6, 6.07) is 17.6. The molecule has 1 aromatic heterocycles. The number of thiophene rings is 1. The first-order chi connectivity index (χ1) is 11.2. The molecular weight excluding hydrogens is 296 g/mol. The molecular formula is C22H24S. The number of fused-ring (bicyclic) bond motifs is 2. The van der Waals surface area contributed by atoms with Crippen LogP contribution in [0, 0.1) is 6.92 Å². The van der Waals surface area contributed by atoms with Gasteiger partial charge < -0.3 is 0 Å². The van der Waals surface area contributed by atoms with Gasteiger partial charge in [0.2, 0.25) is 0 Å². The Morgan fingerprint density at radius 3 is 2.26 bits per heavy atom. The molecule has 0 fully saturated rings. The molecule has 1 unspecified atom stereocenters. The van der Waals surface area contributed by atoms with Gasteiger partial charge in [-0.25, -0.2) is 0 Å². The lowest BCUT2D eigenvalue weighted by atomic mass is 9.99. The van der Waals surface area contributed by atoms with E-state index in [9.17, 15) is 0 Å². The maximum Gasteiger partial charge on any atom is 0.0390 e. The molecule has 0 radical (unpaired) electrons. The molecule has 0 aliphatic heterocycles. The fraction of sp³-hybridized carbons (Fsp3) is 0.273. The fourth-order valence-corrected chi connectivity index (χ4v) is 4.81. The van der Waals surface area contributed by atoms with Gasteiger partial charge in [0, 0.05) is 15.5 Å². The van der Waals surface area contributed by atoms with E-state index in [4.69, 9.17) is 0 Å². The second kappa shape index (κ2) is 6.33. The molecule has 0 saturated heterocycles. The molecule has 0 amide bonds. The SMILES string of the molecule is CC.CC1=C(c2sc3ccccc3c2C)c2ccccc2C1C. The summed E-state index contributed by atoms with van der Waals surface area (Å²) in [5, 5.41) is 1.40. The summed E-state index contributed by atoms with van der Waals surface area (Å²) in [4.78, 5) is 1.45. The summed E-state index contributed by atoms with van der Waals surface area (Å²) in [6.45, 7) is 10.9. The normalized spacial score (nSPS) is 16.3. The van der Waals surface area contributed by atoms with Gasteiger partial charge in [0.05, 0.1) is 0 Å². The Bertz CT molecular complexity index is 880. The summed E-state index contributed by atoms with van der Waals surface area (Å²) in [5.74, 6) is 0.529. The minimum atomic E-state index is 0.529. The van der Waals surface area contributed by atoms with Crippen LogP contribution in [0.15, 0.2) is 54.1 Å². The molecule has 3 aromatic rings. The Labute approximate surface area is 143 Å². The number of allylic oxidation sites excluding steroid dienone is 1. The Hall–Kier alpha value is -1.86. The van der Waals surface area contributed by atoms with Crippen LogP contribution in [-0.2, 0) is 0 Å². The third kappa shape index (κ3) is 2.44. The molecule has 1 atom stereocenters. The molecule has 1 heterocycles. The highest BCUT2D eigenvalue weighted by Gasteiger charge is 2.28. The zero-order valence-electron chi connectivity index (χ0n) is 14.6. The summed E-state index contributed by atoms with van der Waals surface area (Å²) in [6.07, 6.45) is 0. The molecule has 0 N–H and O–H groups in total. The second-order valence-electron chi connectivity index (χ2n) is 5.92. The van der Waals surface area contributed by atoms with Gasteiger partial charge in [-0.1, -0.05) is 68.8 Å². The molecule has 23 heavy (non-hydrogen) atoms. The highest BCUT2D eigenvalue weighted by atomic mass is 32.1. The monoisotopic (exact) mass is 320 g/mol. The number of benzene rings is 2. The molecule has 0 spiro atoms. The van der Waals surface area contributed by atoms with Crippen LogP contribution >= 0.6 is 11.3 Å². The number of aryl methyl sites for hydroxylation is 1. The van der Waals surface area contributed by atoms with Crippen molar-refractivity contribution in [3.8, 4) is 0 Å². The second-order valence-corrected chi connectivity index (χ2v) is 6.97. The molecule has 0 saturated carbocycles. The molecule has 1 aliphatic rings. The van der Waals surface area contributed by atoms with E-state index < -0.39 is 0 Å². The Balaban J connectivity index is 0.000000753. The number of hydrogen-bond donors (Lipinski definition) is 0. The van der Waals surface area contributed by atoms with Crippen LogP contribution in [0.4, 0.5) is 0 Å². The van der Waals surface area contributed by atoms with Crippen molar-refractivity contribution in [2.24, 2.45) is 0 Å². The smallest absolute Gasteiger partial charge is 0.0390 e. The predicted octanol–water partition coefficient (Wildman–Crippen LogP) is 7.17. The van der Waals surface area contributed by atoms with Crippen LogP contribution in [0.25, 0.3) is 15.7 Å². The minimum Gasteiger partial charge on any atom is -0.135 e. The topological polar surface area (TPSA) is 0 Å². The van der Waals surface area contributed by atoms with Crippen molar-refractivity contribution in [3.63, 3.8) is 0 Å². The van der Waals surface area contributed by atoms with Crippen LogP contribution < -0.4 is 0 Å². The maximum atomic E-state index is 2.32. The first-order valence-electron chi connectivity index (χ1n) is 8.47.